The highest BCUT2D eigenvalue weighted by Gasteiger charge is 2.29. The normalized spacial score (nSPS) is 17.0. The Hall–Kier alpha value is -2.87. The summed E-state index contributed by atoms with van der Waals surface area (Å²) in [5.41, 5.74) is 1.04. The first kappa shape index (κ1) is 19.4. The standard InChI is InChI=1S/C20H21ClFN5O2/c1-13-10-25(17-9-18(29-2)15(21)8-16(17)22)6-7-27(13)19(28)12-26-11-14-4-3-5-23-20(14)24-26/h3-5,8-9,11,13H,6-7,10,12H2,1-2H3/t13-/m0/s1. The molecule has 152 valence electrons. The smallest absolute Gasteiger partial charge is 0.244 e. The van der Waals surface area contributed by atoms with Gasteiger partial charge in [0.15, 0.2) is 5.65 Å². The number of hydrogen-bond acceptors (Lipinski definition) is 5. The van der Waals surface area contributed by atoms with Crippen LogP contribution < -0.4 is 9.64 Å². The molecule has 0 radical (unpaired) electrons. The summed E-state index contributed by atoms with van der Waals surface area (Å²) in [6.45, 7) is 3.61. The van der Waals surface area contributed by atoms with Crippen LogP contribution in [0.3, 0.4) is 0 Å². The SMILES string of the molecule is COc1cc(N2CCN(C(=O)Cn3cc4cccnc4n3)[C@@H](C)C2)c(F)cc1Cl. The Labute approximate surface area is 172 Å². The van der Waals surface area contributed by atoms with Gasteiger partial charge in [0.05, 0.1) is 17.8 Å². The number of ether oxygens (including phenoxy) is 1. The van der Waals surface area contributed by atoms with Crippen LogP contribution in [-0.4, -0.2) is 58.4 Å². The van der Waals surface area contributed by atoms with Crippen molar-refractivity contribution in [3.05, 3.63) is 47.5 Å². The molecule has 0 saturated carbocycles. The zero-order valence-electron chi connectivity index (χ0n) is 16.2. The van der Waals surface area contributed by atoms with E-state index in [9.17, 15) is 9.18 Å². The van der Waals surface area contributed by atoms with Gasteiger partial charge in [-0.05, 0) is 25.1 Å². The lowest BCUT2D eigenvalue weighted by Crippen LogP contribution is -2.55. The summed E-state index contributed by atoms with van der Waals surface area (Å²) in [6, 6.07) is 6.52. The predicted octanol–water partition coefficient (Wildman–Crippen LogP) is 2.97. The van der Waals surface area contributed by atoms with E-state index in [0.717, 1.165) is 5.39 Å². The van der Waals surface area contributed by atoms with E-state index in [1.54, 1.807) is 21.8 Å². The Kier molecular flexibility index (Phi) is 5.27. The number of rotatable bonds is 4. The minimum Gasteiger partial charge on any atom is -0.495 e. The summed E-state index contributed by atoms with van der Waals surface area (Å²) in [5, 5.41) is 5.47. The number of halogens is 2. The lowest BCUT2D eigenvalue weighted by molar-refractivity contribution is -0.134. The average molecular weight is 418 g/mol. The molecule has 1 aliphatic rings. The minimum atomic E-state index is -0.404. The molecular weight excluding hydrogens is 397 g/mol. The number of nitrogens with zero attached hydrogens (tertiary/aromatic N) is 5. The third-order valence-electron chi connectivity index (χ3n) is 5.14. The number of hydrogen-bond donors (Lipinski definition) is 0. The maximum absolute atomic E-state index is 14.4. The van der Waals surface area contributed by atoms with Crippen LogP contribution in [0.1, 0.15) is 6.92 Å². The van der Waals surface area contributed by atoms with E-state index in [1.807, 2.05) is 30.2 Å². The first-order chi connectivity index (χ1) is 14.0. The van der Waals surface area contributed by atoms with Crippen LogP contribution in [0.15, 0.2) is 36.7 Å². The molecule has 29 heavy (non-hydrogen) atoms. The maximum atomic E-state index is 14.4. The van der Waals surface area contributed by atoms with Crippen LogP contribution in [0.25, 0.3) is 11.0 Å². The largest absolute Gasteiger partial charge is 0.495 e. The number of pyridine rings is 1. The molecule has 9 heteroatoms. The topological polar surface area (TPSA) is 63.5 Å². The van der Waals surface area contributed by atoms with Gasteiger partial charge in [-0.15, -0.1) is 0 Å². The molecule has 1 amide bonds. The molecule has 7 nitrogen and oxygen atoms in total. The molecule has 3 aromatic rings. The zero-order valence-corrected chi connectivity index (χ0v) is 16.9. The molecule has 0 unspecified atom stereocenters. The highest BCUT2D eigenvalue weighted by molar-refractivity contribution is 6.32. The number of benzene rings is 1. The average Bonchev–Trinajstić information content (AvgIpc) is 3.10. The van der Waals surface area contributed by atoms with Crippen molar-refractivity contribution in [2.24, 2.45) is 0 Å². The van der Waals surface area contributed by atoms with Gasteiger partial charge in [-0.1, -0.05) is 11.6 Å². The van der Waals surface area contributed by atoms with E-state index in [-0.39, 0.29) is 23.5 Å². The minimum absolute atomic E-state index is 0.0286. The van der Waals surface area contributed by atoms with Gasteiger partial charge in [0, 0.05) is 49.5 Å². The van der Waals surface area contributed by atoms with Crippen molar-refractivity contribution >= 4 is 34.2 Å². The third-order valence-corrected chi connectivity index (χ3v) is 5.43. The fourth-order valence-corrected chi connectivity index (χ4v) is 3.91. The van der Waals surface area contributed by atoms with Gasteiger partial charge in [-0.3, -0.25) is 9.48 Å². The van der Waals surface area contributed by atoms with E-state index in [4.69, 9.17) is 16.3 Å². The predicted molar refractivity (Wildman–Crippen MR) is 109 cm³/mol. The molecule has 1 aromatic carbocycles. The lowest BCUT2D eigenvalue weighted by Gasteiger charge is -2.41. The Morgan fingerprint density at radius 3 is 2.93 bits per heavy atom. The molecule has 1 fully saturated rings. The van der Waals surface area contributed by atoms with Crippen molar-refractivity contribution in [2.45, 2.75) is 19.5 Å². The fourth-order valence-electron chi connectivity index (χ4n) is 3.68. The van der Waals surface area contributed by atoms with Gasteiger partial charge in [-0.2, -0.15) is 5.10 Å². The van der Waals surface area contributed by atoms with Crippen LogP contribution in [0.2, 0.25) is 5.02 Å². The maximum Gasteiger partial charge on any atom is 0.244 e. The Balaban J connectivity index is 1.45. The van der Waals surface area contributed by atoms with E-state index in [2.05, 4.69) is 10.1 Å². The molecule has 0 spiro atoms. The van der Waals surface area contributed by atoms with E-state index in [1.165, 1.54) is 13.2 Å². The Morgan fingerprint density at radius 1 is 1.38 bits per heavy atom. The van der Waals surface area contributed by atoms with Crippen molar-refractivity contribution in [3.63, 3.8) is 0 Å². The second-order valence-electron chi connectivity index (χ2n) is 7.06. The Morgan fingerprint density at radius 2 is 2.21 bits per heavy atom. The van der Waals surface area contributed by atoms with Crippen LogP contribution >= 0.6 is 11.6 Å². The number of fused-ring (bicyclic) bond motifs is 1. The molecule has 0 bridgehead atoms. The zero-order chi connectivity index (χ0) is 20.5. The van der Waals surface area contributed by atoms with Crippen LogP contribution in [-0.2, 0) is 11.3 Å². The molecule has 0 N–H and O–H groups in total. The quantitative estimate of drug-likeness (QED) is 0.653. The molecular formula is C20H21ClFN5O2. The number of methoxy groups -OCH3 is 1. The second-order valence-corrected chi connectivity index (χ2v) is 7.47. The van der Waals surface area contributed by atoms with Gasteiger partial charge < -0.3 is 14.5 Å². The van der Waals surface area contributed by atoms with Crippen molar-refractivity contribution in [1.82, 2.24) is 19.7 Å². The summed E-state index contributed by atoms with van der Waals surface area (Å²) >= 11 is 5.99. The molecule has 3 heterocycles. The molecule has 2 aromatic heterocycles. The second kappa shape index (κ2) is 7.87. The summed E-state index contributed by atoms with van der Waals surface area (Å²) in [7, 11) is 1.50. The van der Waals surface area contributed by atoms with Gasteiger partial charge in [-0.25, -0.2) is 9.37 Å². The van der Waals surface area contributed by atoms with E-state index in [0.29, 0.717) is 36.7 Å². The summed E-state index contributed by atoms with van der Waals surface area (Å²) < 4.78 is 21.3. The van der Waals surface area contributed by atoms with Gasteiger partial charge in [0.25, 0.3) is 0 Å². The summed E-state index contributed by atoms with van der Waals surface area (Å²) in [6.07, 6.45) is 3.49. The number of carbonyl (C=O) groups is 1. The van der Waals surface area contributed by atoms with E-state index < -0.39 is 5.82 Å². The van der Waals surface area contributed by atoms with Gasteiger partial charge in [0.1, 0.15) is 18.1 Å². The number of amides is 1. The first-order valence-corrected chi connectivity index (χ1v) is 9.69. The number of carbonyl (C=O) groups excluding carboxylic acids is 1. The number of aromatic nitrogens is 3. The molecule has 1 saturated heterocycles. The van der Waals surface area contributed by atoms with Crippen LogP contribution in [0.4, 0.5) is 10.1 Å². The van der Waals surface area contributed by atoms with Gasteiger partial charge in [0.2, 0.25) is 5.91 Å². The summed E-state index contributed by atoms with van der Waals surface area (Å²) in [4.78, 5) is 20.7. The Bertz CT molecular complexity index is 1020. The molecule has 0 aliphatic carbocycles. The highest BCUT2D eigenvalue weighted by atomic mass is 35.5. The van der Waals surface area contributed by atoms with Crippen LogP contribution in [0, 0.1) is 5.82 Å². The first-order valence-electron chi connectivity index (χ1n) is 9.32. The van der Waals surface area contributed by atoms with E-state index >= 15 is 0 Å². The molecule has 1 aliphatic heterocycles. The van der Waals surface area contributed by atoms with Crippen molar-refractivity contribution in [3.8, 4) is 5.75 Å². The van der Waals surface area contributed by atoms with Gasteiger partial charge >= 0.3 is 0 Å². The van der Waals surface area contributed by atoms with Crippen LogP contribution in [0.5, 0.6) is 5.75 Å². The van der Waals surface area contributed by atoms with Crippen molar-refractivity contribution < 1.29 is 13.9 Å². The number of anilines is 1. The lowest BCUT2D eigenvalue weighted by atomic mass is 10.1. The summed E-state index contributed by atoms with van der Waals surface area (Å²) in [5.74, 6) is -0.00814. The molecule has 4 rings (SSSR count). The van der Waals surface area contributed by atoms with Crippen molar-refractivity contribution in [2.75, 3.05) is 31.6 Å². The van der Waals surface area contributed by atoms with Crippen molar-refractivity contribution in [1.29, 1.82) is 0 Å². The molecule has 1 atom stereocenters. The fraction of sp³-hybridized carbons (Fsp3) is 0.350. The monoisotopic (exact) mass is 417 g/mol. The highest BCUT2D eigenvalue weighted by Crippen LogP contribution is 2.33. The number of piperazine rings is 1. The third kappa shape index (κ3) is 3.85.